The Balaban J connectivity index is 2.40. The minimum atomic E-state index is 0.889. The second-order valence-electron chi connectivity index (χ2n) is 2.47. The predicted octanol–water partition coefficient (Wildman–Crippen LogP) is 1.10. The van der Waals surface area contributed by atoms with E-state index in [0.29, 0.717) is 0 Å². The first kappa shape index (κ1) is 6.22. The third-order valence-corrected chi connectivity index (χ3v) is 1.74. The Morgan fingerprint density at radius 1 is 1.45 bits per heavy atom. The zero-order valence-corrected chi connectivity index (χ0v) is 6.36. The van der Waals surface area contributed by atoms with Crippen LogP contribution in [0, 0.1) is 0 Å². The van der Waals surface area contributed by atoms with Crippen molar-refractivity contribution in [1.29, 1.82) is 0 Å². The molecule has 0 saturated heterocycles. The van der Waals surface area contributed by atoms with Gasteiger partial charge in [-0.3, -0.25) is 9.91 Å². The highest BCUT2D eigenvalue weighted by Gasteiger charge is 2.21. The lowest BCUT2D eigenvalue weighted by Crippen LogP contribution is -2.21. The molecule has 0 saturated carbocycles. The summed E-state index contributed by atoms with van der Waals surface area (Å²) in [6.45, 7) is 3.87. The van der Waals surface area contributed by atoms with Crippen LogP contribution in [0.2, 0.25) is 0 Å². The fourth-order valence-corrected chi connectivity index (χ4v) is 1.10. The molecule has 11 heavy (non-hydrogen) atoms. The van der Waals surface area contributed by atoms with Crippen molar-refractivity contribution in [1.82, 2.24) is 9.91 Å². The Kier molecular flexibility index (Phi) is 1.12. The Bertz CT molecular complexity index is 286. The topological polar surface area (TPSA) is 18.8 Å². The number of fused-ring (bicyclic) bond motifs is 1. The summed E-state index contributed by atoms with van der Waals surface area (Å²) in [4.78, 5) is 1.94. The molecule has 3 heteroatoms. The molecule has 0 bridgehead atoms. The molecule has 2 heterocycles. The molecule has 0 radical (unpaired) electrons. The molecule has 2 rings (SSSR count). The van der Waals surface area contributed by atoms with Gasteiger partial charge in [0.05, 0.1) is 0 Å². The monoisotopic (exact) mass is 147 g/mol. The van der Waals surface area contributed by atoms with Crippen LogP contribution in [-0.2, 0) is 0 Å². The van der Waals surface area contributed by atoms with Crippen LogP contribution in [0.3, 0.4) is 0 Å². The van der Waals surface area contributed by atoms with Crippen LogP contribution in [0.15, 0.2) is 41.9 Å². The maximum absolute atomic E-state index is 4.23. The maximum atomic E-state index is 4.23. The third-order valence-electron chi connectivity index (χ3n) is 1.74. The summed E-state index contributed by atoms with van der Waals surface area (Å²) in [6, 6.07) is 0. The van der Waals surface area contributed by atoms with E-state index in [-0.39, 0.29) is 0 Å². The van der Waals surface area contributed by atoms with Crippen LogP contribution < -0.4 is 0 Å². The fraction of sp³-hybridized carbons (Fsp3) is 0.125. The van der Waals surface area contributed by atoms with E-state index in [1.165, 1.54) is 0 Å². The van der Waals surface area contributed by atoms with Crippen LogP contribution in [0.4, 0.5) is 0 Å². The van der Waals surface area contributed by atoms with E-state index >= 15 is 0 Å². The smallest absolute Gasteiger partial charge is 0.158 e. The van der Waals surface area contributed by atoms with Crippen molar-refractivity contribution in [3.63, 3.8) is 0 Å². The van der Waals surface area contributed by atoms with Crippen LogP contribution >= 0.6 is 0 Å². The van der Waals surface area contributed by atoms with Gasteiger partial charge in [-0.2, -0.15) is 5.10 Å². The predicted molar refractivity (Wildman–Crippen MR) is 44.5 cm³/mol. The van der Waals surface area contributed by atoms with Crippen LogP contribution in [0.25, 0.3) is 0 Å². The molecule has 0 fully saturated rings. The van der Waals surface area contributed by atoms with Gasteiger partial charge < -0.3 is 0 Å². The van der Waals surface area contributed by atoms with Gasteiger partial charge in [-0.05, 0) is 12.2 Å². The zero-order valence-electron chi connectivity index (χ0n) is 6.36. The number of hydrogen-bond donors (Lipinski definition) is 0. The molecule has 2 aliphatic heterocycles. The van der Waals surface area contributed by atoms with Crippen molar-refractivity contribution < 1.29 is 0 Å². The maximum Gasteiger partial charge on any atom is 0.158 e. The molecule has 2 aliphatic rings. The van der Waals surface area contributed by atoms with Crippen LogP contribution in [-0.4, -0.2) is 22.8 Å². The highest BCUT2D eigenvalue weighted by atomic mass is 15.6. The summed E-state index contributed by atoms with van der Waals surface area (Å²) < 4.78 is 0. The molecule has 0 amide bonds. The highest BCUT2D eigenvalue weighted by Crippen LogP contribution is 2.19. The number of nitrogens with zero attached hydrogens (tertiary/aromatic N) is 3. The SMILES string of the molecule is C=C1N(C)N=C2C=CC=CN12. The van der Waals surface area contributed by atoms with E-state index < -0.39 is 0 Å². The molecule has 0 atom stereocenters. The fourth-order valence-electron chi connectivity index (χ4n) is 1.10. The second-order valence-corrected chi connectivity index (χ2v) is 2.47. The van der Waals surface area contributed by atoms with Gasteiger partial charge in [0.2, 0.25) is 0 Å². The van der Waals surface area contributed by atoms with Gasteiger partial charge >= 0.3 is 0 Å². The number of allylic oxidation sites excluding steroid dienone is 2. The van der Waals surface area contributed by atoms with Gasteiger partial charge in [-0.1, -0.05) is 12.7 Å². The van der Waals surface area contributed by atoms with Crippen molar-refractivity contribution in [2.75, 3.05) is 7.05 Å². The van der Waals surface area contributed by atoms with E-state index in [1.807, 2.05) is 36.4 Å². The summed E-state index contributed by atoms with van der Waals surface area (Å²) in [5, 5.41) is 5.99. The minimum Gasteiger partial charge on any atom is -0.285 e. The third kappa shape index (κ3) is 0.774. The first-order valence-corrected chi connectivity index (χ1v) is 3.44. The Morgan fingerprint density at radius 2 is 2.27 bits per heavy atom. The lowest BCUT2D eigenvalue weighted by Gasteiger charge is -2.17. The molecule has 0 spiro atoms. The number of amidine groups is 1. The zero-order chi connectivity index (χ0) is 7.84. The van der Waals surface area contributed by atoms with Gasteiger partial charge in [-0.25, -0.2) is 0 Å². The first-order valence-electron chi connectivity index (χ1n) is 3.44. The van der Waals surface area contributed by atoms with Crippen LogP contribution in [0.5, 0.6) is 0 Å². The van der Waals surface area contributed by atoms with E-state index in [1.54, 1.807) is 5.01 Å². The van der Waals surface area contributed by atoms with Gasteiger partial charge in [0.15, 0.2) is 5.84 Å². The number of rotatable bonds is 0. The molecule has 0 aromatic carbocycles. The summed E-state index contributed by atoms with van der Waals surface area (Å²) >= 11 is 0. The van der Waals surface area contributed by atoms with E-state index in [9.17, 15) is 0 Å². The number of hydrazone groups is 1. The molecule has 0 aromatic heterocycles. The molecule has 0 aliphatic carbocycles. The van der Waals surface area contributed by atoms with E-state index in [0.717, 1.165) is 11.7 Å². The molecule has 56 valence electrons. The van der Waals surface area contributed by atoms with Gasteiger partial charge in [0, 0.05) is 13.2 Å². The highest BCUT2D eigenvalue weighted by molar-refractivity contribution is 5.97. The lowest BCUT2D eigenvalue weighted by atomic mass is 10.3. The second kappa shape index (κ2) is 1.99. The Morgan fingerprint density at radius 3 is 3.00 bits per heavy atom. The van der Waals surface area contributed by atoms with E-state index in [2.05, 4.69) is 11.7 Å². The molecule has 0 aromatic rings. The van der Waals surface area contributed by atoms with Gasteiger partial charge in [-0.15, -0.1) is 0 Å². The van der Waals surface area contributed by atoms with E-state index in [4.69, 9.17) is 0 Å². The molecule has 0 unspecified atom stereocenters. The molecular formula is C8H9N3. The van der Waals surface area contributed by atoms with Crippen molar-refractivity contribution in [3.8, 4) is 0 Å². The average Bonchev–Trinajstić information content (AvgIpc) is 2.30. The standard InChI is InChI=1S/C8H9N3/c1-7-10(2)9-8-5-3-4-6-11(7)8/h3-6H,1H2,2H3. The van der Waals surface area contributed by atoms with Crippen molar-refractivity contribution in [2.45, 2.75) is 0 Å². The lowest BCUT2D eigenvalue weighted by molar-refractivity contribution is 0.415. The quantitative estimate of drug-likeness (QED) is 0.511. The molecular weight excluding hydrogens is 138 g/mol. The molecule has 3 nitrogen and oxygen atoms in total. The largest absolute Gasteiger partial charge is 0.285 e. The summed E-state index contributed by atoms with van der Waals surface area (Å²) in [7, 11) is 1.88. The summed E-state index contributed by atoms with van der Waals surface area (Å²) in [6.07, 6.45) is 7.82. The average molecular weight is 147 g/mol. The van der Waals surface area contributed by atoms with Gasteiger partial charge in [0.1, 0.15) is 5.82 Å². The molecule has 0 N–H and O–H groups in total. The first-order chi connectivity index (χ1) is 5.29. The summed E-state index contributed by atoms with van der Waals surface area (Å²) in [5.41, 5.74) is 0. The summed E-state index contributed by atoms with van der Waals surface area (Å²) in [5.74, 6) is 1.82. The minimum absolute atomic E-state index is 0.889. The van der Waals surface area contributed by atoms with Crippen molar-refractivity contribution in [2.24, 2.45) is 5.10 Å². The van der Waals surface area contributed by atoms with Crippen molar-refractivity contribution in [3.05, 3.63) is 36.8 Å². The van der Waals surface area contributed by atoms with Crippen LogP contribution in [0.1, 0.15) is 0 Å². The Labute approximate surface area is 65.6 Å². The number of hydrogen-bond acceptors (Lipinski definition) is 3. The van der Waals surface area contributed by atoms with Crippen molar-refractivity contribution >= 4 is 5.84 Å². The van der Waals surface area contributed by atoms with Gasteiger partial charge in [0.25, 0.3) is 0 Å². The normalized spacial score (nSPS) is 20.8. The Hall–Kier alpha value is -1.51.